The van der Waals surface area contributed by atoms with Crippen molar-refractivity contribution >= 4 is 5.97 Å². The second-order valence-electron chi connectivity index (χ2n) is 2.38. The number of esters is 1. The maximum Gasteiger partial charge on any atom is 0.388 e. The Bertz CT molecular complexity index is 187. The van der Waals surface area contributed by atoms with Gasteiger partial charge >= 0.3 is 11.9 Å². The number of ether oxygens (including phenoxy) is 1. The van der Waals surface area contributed by atoms with Crippen molar-refractivity contribution in [2.24, 2.45) is 0 Å². The third-order valence-corrected chi connectivity index (χ3v) is 1.67. The third kappa shape index (κ3) is 2.80. The van der Waals surface area contributed by atoms with Gasteiger partial charge in [-0.3, -0.25) is 0 Å². The van der Waals surface area contributed by atoms with E-state index in [2.05, 4.69) is 11.3 Å². The number of carbonyl (C=O) groups excluding carboxylic acids is 1. The van der Waals surface area contributed by atoms with Crippen LogP contribution in [0.1, 0.15) is 13.8 Å². The van der Waals surface area contributed by atoms with Crippen molar-refractivity contribution < 1.29 is 19.7 Å². The van der Waals surface area contributed by atoms with E-state index in [9.17, 15) is 15.0 Å². The first-order chi connectivity index (χ1) is 6.00. The molecule has 5 heteroatoms. The van der Waals surface area contributed by atoms with Crippen molar-refractivity contribution in [3.8, 4) is 0 Å². The summed E-state index contributed by atoms with van der Waals surface area (Å²) in [4.78, 5) is 12.1. The van der Waals surface area contributed by atoms with Gasteiger partial charge in [0.1, 0.15) is 0 Å². The van der Waals surface area contributed by atoms with Crippen molar-refractivity contribution in [1.29, 1.82) is 0 Å². The van der Waals surface area contributed by atoms with Crippen LogP contribution in [0.4, 0.5) is 0 Å². The van der Waals surface area contributed by atoms with Gasteiger partial charge in [0.2, 0.25) is 0 Å². The maximum absolute atomic E-state index is 11.0. The first kappa shape index (κ1) is 12.1. The Hall–Kier alpha value is -0.910. The van der Waals surface area contributed by atoms with Crippen LogP contribution < -0.4 is 0 Å². The number of hydrogen-bond donors (Lipinski definition) is 2. The van der Waals surface area contributed by atoms with Gasteiger partial charge in [-0.25, -0.2) is 9.69 Å². The van der Waals surface area contributed by atoms with Crippen LogP contribution in [0.15, 0.2) is 12.8 Å². The Balaban J connectivity index is 4.50. The number of hydrogen-bond acceptors (Lipinski definition) is 5. The first-order valence-electron chi connectivity index (χ1n) is 4.02. The van der Waals surface area contributed by atoms with Gasteiger partial charge in [0.15, 0.2) is 0 Å². The second kappa shape index (κ2) is 4.96. The second-order valence-corrected chi connectivity index (χ2v) is 2.38. The lowest BCUT2D eigenvalue weighted by Gasteiger charge is -2.30. The lowest BCUT2D eigenvalue weighted by molar-refractivity contribution is -0.262. The summed E-state index contributed by atoms with van der Waals surface area (Å²) in [6.45, 7) is 7.20. The van der Waals surface area contributed by atoms with E-state index < -0.39 is 11.9 Å². The first-order valence-corrected chi connectivity index (χ1v) is 4.02. The van der Waals surface area contributed by atoms with Crippen LogP contribution in [0.3, 0.4) is 0 Å². The summed E-state index contributed by atoms with van der Waals surface area (Å²) in [7, 11) is 0. The molecule has 76 valence electrons. The molecule has 13 heavy (non-hydrogen) atoms. The fourth-order valence-electron chi connectivity index (χ4n) is 0.948. The molecule has 0 atom stereocenters. The SMILES string of the molecule is C=COC(=O)C(O)(O)N(CC)CC. The van der Waals surface area contributed by atoms with Gasteiger partial charge in [0, 0.05) is 13.1 Å². The van der Waals surface area contributed by atoms with Crippen molar-refractivity contribution in [1.82, 2.24) is 4.90 Å². The summed E-state index contributed by atoms with van der Waals surface area (Å²) < 4.78 is 4.27. The van der Waals surface area contributed by atoms with Gasteiger partial charge in [-0.15, -0.1) is 0 Å². The molecule has 0 bridgehead atoms. The Morgan fingerprint density at radius 1 is 1.54 bits per heavy atom. The van der Waals surface area contributed by atoms with E-state index in [1.807, 2.05) is 0 Å². The number of nitrogens with zero attached hydrogens (tertiary/aromatic N) is 1. The molecule has 0 saturated heterocycles. The summed E-state index contributed by atoms with van der Waals surface area (Å²) >= 11 is 0. The molecule has 0 heterocycles. The summed E-state index contributed by atoms with van der Waals surface area (Å²) in [5, 5.41) is 18.7. The molecule has 0 saturated carbocycles. The number of rotatable bonds is 5. The highest BCUT2D eigenvalue weighted by Crippen LogP contribution is 2.09. The largest absolute Gasteiger partial charge is 0.430 e. The molecule has 0 fully saturated rings. The van der Waals surface area contributed by atoms with Crippen molar-refractivity contribution in [3.05, 3.63) is 12.8 Å². The molecule has 0 radical (unpaired) electrons. The molecule has 0 aromatic heterocycles. The quantitative estimate of drug-likeness (QED) is 0.351. The highest BCUT2D eigenvalue weighted by Gasteiger charge is 2.40. The van der Waals surface area contributed by atoms with Gasteiger partial charge in [-0.2, -0.15) is 0 Å². The lowest BCUT2D eigenvalue weighted by atomic mass is 10.4. The molecule has 2 N–H and O–H groups in total. The molecule has 0 aromatic carbocycles. The average molecular weight is 189 g/mol. The molecule has 0 amide bonds. The average Bonchev–Trinajstić information content (AvgIpc) is 2.06. The highest BCUT2D eigenvalue weighted by atomic mass is 16.6. The molecular weight excluding hydrogens is 174 g/mol. The van der Waals surface area contributed by atoms with E-state index in [4.69, 9.17) is 0 Å². The van der Waals surface area contributed by atoms with Gasteiger partial charge < -0.3 is 14.9 Å². The third-order valence-electron chi connectivity index (χ3n) is 1.67. The minimum Gasteiger partial charge on any atom is -0.430 e. The molecule has 0 rings (SSSR count). The van der Waals surface area contributed by atoms with E-state index in [0.29, 0.717) is 13.1 Å². The zero-order valence-corrected chi connectivity index (χ0v) is 7.86. The van der Waals surface area contributed by atoms with Crippen LogP contribution in [0.5, 0.6) is 0 Å². The standard InChI is InChI=1S/C8H15NO4/c1-4-9(5-2)8(11,12)7(10)13-6-3/h6,11-12H,3-5H2,1-2H3. The fraction of sp³-hybridized carbons (Fsp3) is 0.625. The van der Waals surface area contributed by atoms with E-state index in [1.165, 1.54) is 0 Å². The van der Waals surface area contributed by atoms with E-state index in [-0.39, 0.29) is 0 Å². The van der Waals surface area contributed by atoms with Gasteiger partial charge in [0.05, 0.1) is 6.26 Å². The topological polar surface area (TPSA) is 70.0 Å². The molecule has 0 unspecified atom stereocenters. The van der Waals surface area contributed by atoms with E-state index >= 15 is 0 Å². The zero-order valence-electron chi connectivity index (χ0n) is 7.86. The fourth-order valence-corrected chi connectivity index (χ4v) is 0.948. The van der Waals surface area contributed by atoms with Crippen LogP contribution >= 0.6 is 0 Å². The van der Waals surface area contributed by atoms with Gasteiger partial charge in [0.25, 0.3) is 0 Å². The Labute approximate surface area is 77.2 Å². The molecule has 0 aliphatic heterocycles. The molecule has 0 aromatic rings. The summed E-state index contributed by atoms with van der Waals surface area (Å²) in [5.41, 5.74) is 0. The van der Waals surface area contributed by atoms with Crippen LogP contribution in [0, 0.1) is 0 Å². The van der Waals surface area contributed by atoms with Crippen LogP contribution in [0.2, 0.25) is 0 Å². The summed E-state index contributed by atoms with van der Waals surface area (Å²) in [5.74, 6) is -3.72. The number of carbonyl (C=O) groups is 1. The monoisotopic (exact) mass is 189 g/mol. The maximum atomic E-state index is 11.0. The number of likely N-dealkylation sites (N-methyl/N-ethyl adjacent to an activating group) is 1. The lowest BCUT2D eigenvalue weighted by Crippen LogP contribution is -2.55. The predicted molar refractivity (Wildman–Crippen MR) is 46.4 cm³/mol. The highest BCUT2D eigenvalue weighted by molar-refractivity contribution is 5.77. The summed E-state index contributed by atoms with van der Waals surface area (Å²) in [6, 6.07) is 0. The van der Waals surface area contributed by atoms with E-state index in [1.54, 1.807) is 13.8 Å². The van der Waals surface area contributed by atoms with Crippen LogP contribution in [-0.2, 0) is 9.53 Å². The van der Waals surface area contributed by atoms with Gasteiger partial charge in [-0.05, 0) is 0 Å². The zero-order chi connectivity index (χ0) is 10.5. The Kier molecular flexibility index (Phi) is 4.61. The molecule has 0 spiro atoms. The van der Waals surface area contributed by atoms with Crippen molar-refractivity contribution in [3.63, 3.8) is 0 Å². The smallest absolute Gasteiger partial charge is 0.388 e. The molecule has 0 aliphatic carbocycles. The minimum atomic E-state index is -2.57. The summed E-state index contributed by atoms with van der Waals surface area (Å²) in [6.07, 6.45) is 0.854. The van der Waals surface area contributed by atoms with E-state index in [0.717, 1.165) is 11.2 Å². The van der Waals surface area contributed by atoms with Gasteiger partial charge in [-0.1, -0.05) is 20.4 Å². The number of aliphatic hydroxyl groups is 2. The predicted octanol–water partition coefficient (Wildman–Crippen LogP) is -0.347. The van der Waals surface area contributed by atoms with Crippen LogP contribution in [-0.4, -0.2) is 40.1 Å². The molecular formula is C8H15NO4. The van der Waals surface area contributed by atoms with Crippen LogP contribution in [0.25, 0.3) is 0 Å². The normalized spacial score (nSPS) is 11.5. The van der Waals surface area contributed by atoms with Crippen molar-refractivity contribution in [2.75, 3.05) is 13.1 Å². The Morgan fingerprint density at radius 3 is 2.31 bits per heavy atom. The Morgan fingerprint density at radius 2 is 2.00 bits per heavy atom. The van der Waals surface area contributed by atoms with Crippen molar-refractivity contribution in [2.45, 2.75) is 19.8 Å². The molecule has 5 nitrogen and oxygen atoms in total. The minimum absolute atomic E-state index is 0.329. The molecule has 0 aliphatic rings.